The van der Waals surface area contributed by atoms with Crippen molar-refractivity contribution in [1.82, 2.24) is 4.72 Å². The lowest BCUT2D eigenvalue weighted by Crippen LogP contribution is -2.57. The zero-order chi connectivity index (χ0) is 15.9. The van der Waals surface area contributed by atoms with Crippen LogP contribution in [0.5, 0.6) is 0 Å². The van der Waals surface area contributed by atoms with E-state index in [-0.39, 0.29) is 10.2 Å². The van der Waals surface area contributed by atoms with Crippen molar-refractivity contribution in [3.8, 4) is 0 Å². The molecule has 0 atom stereocenters. The van der Waals surface area contributed by atoms with Crippen LogP contribution in [0.1, 0.15) is 27.7 Å². The van der Waals surface area contributed by atoms with Crippen molar-refractivity contribution in [3.05, 3.63) is 22.4 Å². The lowest BCUT2D eigenvalue weighted by Gasteiger charge is -2.37. The smallest absolute Gasteiger partial charge is 0.244 e. The molecule has 114 valence electrons. The van der Waals surface area contributed by atoms with Crippen molar-refractivity contribution < 1.29 is 17.9 Å². The number of nitrogen functional groups attached to an aromatic ring is 1. The summed E-state index contributed by atoms with van der Waals surface area (Å²) in [6.45, 7) is 5.93. The van der Waals surface area contributed by atoms with E-state index in [1.54, 1.807) is 0 Å². The first-order valence-corrected chi connectivity index (χ1v) is 8.06. The number of aliphatic hydroxyl groups is 1. The minimum absolute atomic E-state index is 0.0426. The zero-order valence-corrected chi connectivity index (χ0v) is 14.1. The van der Waals surface area contributed by atoms with E-state index in [1.807, 2.05) is 0 Å². The predicted molar refractivity (Wildman–Crippen MR) is 79.2 cm³/mol. The molecule has 0 spiro atoms. The molecule has 0 saturated carbocycles. The van der Waals surface area contributed by atoms with Crippen LogP contribution in [0.4, 0.5) is 10.1 Å². The van der Waals surface area contributed by atoms with Gasteiger partial charge in [0.25, 0.3) is 0 Å². The maximum absolute atomic E-state index is 14.0. The molecule has 0 bridgehead atoms. The van der Waals surface area contributed by atoms with Crippen LogP contribution in [0, 0.1) is 5.82 Å². The van der Waals surface area contributed by atoms with Crippen molar-refractivity contribution in [2.24, 2.45) is 0 Å². The Hall–Kier alpha value is -0.700. The van der Waals surface area contributed by atoms with Crippen LogP contribution in [0.3, 0.4) is 0 Å². The van der Waals surface area contributed by atoms with Gasteiger partial charge in [0.15, 0.2) is 5.82 Å². The number of rotatable bonds is 4. The predicted octanol–water partition coefficient (Wildman–Crippen LogP) is 2.00. The molecule has 0 radical (unpaired) electrons. The second-order valence-corrected chi connectivity index (χ2v) is 8.11. The summed E-state index contributed by atoms with van der Waals surface area (Å²) < 4.78 is 40.8. The maximum Gasteiger partial charge on any atom is 0.244 e. The quantitative estimate of drug-likeness (QED) is 0.708. The Labute approximate surface area is 126 Å². The highest BCUT2D eigenvalue weighted by Gasteiger charge is 2.39. The average Bonchev–Trinajstić information content (AvgIpc) is 2.19. The molecule has 0 saturated heterocycles. The summed E-state index contributed by atoms with van der Waals surface area (Å²) >= 11 is 2.91. The van der Waals surface area contributed by atoms with Gasteiger partial charge in [-0.05, 0) is 55.8 Å². The molecule has 0 heterocycles. The van der Waals surface area contributed by atoms with Crippen LogP contribution < -0.4 is 10.5 Å². The van der Waals surface area contributed by atoms with Gasteiger partial charge in [0.05, 0.1) is 15.6 Å². The van der Waals surface area contributed by atoms with Gasteiger partial charge in [0.2, 0.25) is 10.0 Å². The first kappa shape index (κ1) is 17.4. The Bertz CT molecular complexity index is 624. The SMILES string of the molecule is CC(C)(O)C(C)(C)NS(=O)(=O)c1cc(N)cc(Br)c1F. The fraction of sp³-hybridized carbons (Fsp3) is 0.500. The van der Waals surface area contributed by atoms with Gasteiger partial charge in [0, 0.05) is 5.69 Å². The molecule has 5 nitrogen and oxygen atoms in total. The summed E-state index contributed by atoms with van der Waals surface area (Å²) in [7, 11) is -4.17. The number of hydrogen-bond donors (Lipinski definition) is 3. The fourth-order valence-corrected chi connectivity index (χ4v) is 3.57. The third-order valence-electron chi connectivity index (χ3n) is 3.23. The summed E-state index contributed by atoms with van der Waals surface area (Å²) in [5.74, 6) is -0.932. The highest BCUT2D eigenvalue weighted by molar-refractivity contribution is 9.10. The van der Waals surface area contributed by atoms with Gasteiger partial charge in [-0.1, -0.05) is 0 Å². The van der Waals surface area contributed by atoms with Crippen LogP contribution in [0.15, 0.2) is 21.5 Å². The van der Waals surface area contributed by atoms with E-state index in [0.717, 1.165) is 6.07 Å². The van der Waals surface area contributed by atoms with Gasteiger partial charge in [-0.25, -0.2) is 17.5 Å². The molecule has 0 aromatic heterocycles. The number of hydrogen-bond acceptors (Lipinski definition) is 4. The summed E-state index contributed by atoms with van der Waals surface area (Å²) in [5, 5.41) is 9.98. The van der Waals surface area contributed by atoms with Crippen molar-refractivity contribution in [2.45, 2.75) is 43.7 Å². The monoisotopic (exact) mass is 368 g/mol. The molecule has 20 heavy (non-hydrogen) atoms. The topological polar surface area (TPSA) is 92.4 Å². The molecule has 0 aliphatic rings. The summed E-state index contributed by atoms with van der Waals surface area (Å²) in [6, 6.07) is 2.30. The van der Waals surface area contributed by atoms with Gasteiger partial charge >= 0.3 is 0 Å². The second kappa shape index (κ2) is 5.25. The molecule has 4 N–H and O–H groups in total. The third kappa shape index (κ3) is 3.49. The van der Waals surface area contributed by atoms with Crippen molar-refractivity contribution in [2.75, 3.05) is 5.73 Å². The molecule has 8 heteroatoms. The van der Waals surface area contributed by atoms with E-state index >= 15 is 0 Å². The first-order valence-electron chi connectivity index (χ1n) is 5.79. The van der Waals surface area contributed by atoms with Crippen LogP contribution in [0.25, 0.3) is 0 Å². The molecular formula is C12H18BrFN2O3S. The lowest BCUT2D eigenvalue weighted by atomic mass is 9.87. The highest BCUT2D eigenvalue weighted by Crippen LogP contribution is 2.29. The zero-order valence-electron chi connectivity index (χ0n) is 11.7. The summed E-state index contributed by atoms with van der Waals surface area (Å²) in [4.78, 5) is -0.568. The molecule has 1 aromatic rings. The number of nitrogens with two attached hydrogens (primary N) is 1. The molecule has 0 amide bonds. The van der Waals surface area contributed by atoms with Gasteiger partial charge in [0.1, 0.15) is 4.90 Å². The Morgan fingerprint density at radius 3 is 2.25 bits per heavy atom. The van der Waals surface area contributed by atoms with E-state index < -0.39 is 31.9 Å². The van der Waals surface area contributed by atoms with Gasteiger partial charge in [-0.3, -0.25) is 0 Å². The second-order valence-electron chi connectivity index (χ2n) is 5.60. The Balaban J connectivity index is 3.33. The molecule has 1 rings (SSSR count). The summed E-state index contributed by atoms with van der Waals surface area (Å²) in [5.41, 5.74) is 3.11. The highest BCUT2D eigenvalue weighted by atomic mass is 79.9. The Morgan fingerprint density at radius 1 is 1.30 bits per heavy atom. The van der Waals surface area contributed by atoms with E-state index in [0.29, 0.717) is 0 Å². The van der Waals surface area contributed by atoms with Crippen LogP contribution >= 0.6 is 15.9 Å². The molecule has 0 aliphatic heterocycles. The minimum Gasteiger partial charge on any atom is -0.399 e. The van der Waals surface area contributed by atoms with Crippen molar-refractivity contribution in [1.29, 1.82) is 0 Å². The van der Waals surface area contributed by atoms with E-state index in [9.17, 15) is 17.9 Å². The summed E-state index contributed by atoms with van der Waals surface area (Å²) in [6.07, 6.45) is 0. The van der Waals surface area contributed by atoms with Gasteiger partial charge in [-0.15, -0.1) is 0 Å². The Kier molecular flexibility index (Phi) is 4.55. The largest absolute Gasteiger partial charge is 0.399 e. The standard InChI is InChI=1S/C12H18BrFN2O3S/c1-11(2,12(3,4)17)16-20(18,19)9-6-7(15)5-8(13)10(9)14/h5-6,16-17H,15H2,1-4H3. The van der Waals surface area contributed by atoms with E-state index in [2.05, 4.69) is 20.7 Å². The Morgan fingerprint density at radius 2 is 1.80 bits per heavy atom. The van der Waals surface area contributed by atoms with Crippen molar-refractivity contribution >= 4 is 31.6 Å². The molecule has 0 unspecified atom stereocenters. The maximum atomic E-state index is 14.0. The number of benzene rings is 1. The van der Waals surface area contributed by atoms with E-state index in [1.165, 1.54) is 33.8 Å². The molecule has 0 aliphatic carbocycles. The third-order valence-corrected chi connectivity index (χ3v) is 5.46. The number of halogens is 2. The van der Waals surface area contributed by atoms with Gasteiger partial charge in [-0.2, -0.15) is 0 Å². The normalized spacial score (nSPS) is 13.6. The molecule has 1 aromatic carbocycles. The van der Waals surface area contributed by atoms with Crippen molar-refractivity contribution in [3.63, 3.8) is 0 Å². The number of anilines is 1. The average molecular weight is 369 g/mol. The van der Waals surface area contributed by atoms with E-state index in [4.69, 9.17) is 5.73 Å². The van der Waals surface area contributed by atoms with Crippen LogP contribution in [0.2, 0.25) is 0 Å². The minimum atomic E-state index is -4.17. The van der Waals surface area contributed by atoms with Crippen LogP contribution in [-0.2, 0) is 10.0 Å². The number of sulfonamides is 1. The van der Waals surface area contributed by atoms with Crippen LogP contribution in [-0.4, -0.2) is 24.7 Å². The van der Waals surface area contributed by atoms with Gasteiger partial charge < -0.3 is 10.8 Å². The fourth-order valence-electron chi connectivity index (χ4n) is 1.30. The first-order chi connectivity index (χ1) is 8.78. The number of nitrogens with one attached hydrogen (secondary N) is 1. The lowest BCUT2D eigenvalue weighted by molar-refractivity contribution is 0.00636. The molecular weight excluding hydrogens is 351 g/mol. The molecule has 0 fully saturated rings.